The van der Waals surface area contributed by atoms with Gasteiger partial charge in [0.2, 0.25) is 0 Å². The maximum absolute atomic E-state index is 5.82. The van der Waals surface area contributed by atoms with Gasteiger partial charge >= 0.3 is 0 Å². The van der Waals surface area contributed by atoms with E-state index < -0.39 is 5.79 Å². The average molecular weight is 228 g/mol. The summed E-state index contributed by atoms with van der Waals surface area (Å²) in [6, 6.07) is 7.41. The van der Waals surface area contributed by atoms with E-state index in [1.54, 1.807) is 0 Å². The van der Waals surface area contributed by atoms with Crippen LogP contribution in [0.5, 0.6) is 0 Å². The van der Waals surface area contributed by atoms with Crippen molar-refractivity contribution in [1.29, 1.82) is 0 Å². The van der Waals surface area contributed by atoms with Crippen molar-refractivity contribution in [2.24, 2.45) is 5.73 Å². The highest BCUT2D eigenvalue weighted by Crippen LogP contribution is 2.30. The van der Waals surface area contributed by atoms with Gasteiger partial charge in [-0.1, -0.05) is 23.7 Å². The summed E-state index contributed by atoms with van der Waals surface area (Å²) in [4.78, 5) is 0. The summed E-state index contributed by atoms with van der Waals surface area (Å²) in [6.07, 6.45) is 0. The Morgan fingerprint density at radius 2 is 1.80 bits per heavy atom. The topological polar surface area (TPSA) is 44.5 Å². The highest BCUT2D eigenvalue weighted by molar-refractivity contribution is 6.30. The van der Waals surface area contributed by atoms with Crippen molar-refractivity contribution in [1.82, 2.24) is 0 Å². The van der Waals surface area contributed by atoms with E-state index in [-0.39, 0.29) is 6.04 Å². The minimum Gasteiger partial charge on any atom is -0.344 e. The lowest BCUT2D eigenvalue weighted by Gasteiger charge is -2.36. The molecule has 0 radical (unpaired) electrons. The van der Waals surface area contributed by atoms with Crippen LogP contribution in [0.15, 0.2) is 24.3 Å². The Balaban J connectivity index is 2.18. The molecule has 1 aromatic rings. The minimum absolute atomic E-state index is 0.0367. The lowest BCUT2D eigenvalue weighted by atomic mass is 10.1. The minimum atomic E-state index is -0.694. The Bertz CT molecular complexity index is 331. The van der Waals surface area contributed by atoms with Crippen LogP contribution in [0.25, 0.3) is 0 Å². The Hall–Kier alpha value is -0.610. The number of rotatable bonds is 1. The van der Waals surface area contributed by atoms with Crippen LogP contribution >= 0.6 is 11.6 Å². The largest absolute Gasteiger partial charge is 0.344 e. The summed E-state index contributed by atoms with van der Waals surface area (Å²) in [5.74, 6) is -0.694. The molecule has 0 aromatic heterocycles. The third-order valence-corrected chi connectivity index (χ3v) is 2.77. The molecule has 0 spiro atoms. The first kappa shape index (κ1) is 10.9. The van der Waals surface area contributed by atoms with Gasteiger partial charge in [-0.3, -0.25) is 0 Å². The molecular weight excluding hydrogens is 214 g/mol. The summed E-state index contributed by atoms with van der Waals surface area (Å²) in [7, 11) is 0. The van der Waals surface area contributed by atoms with Gasteiger partial charge in [-0.25, -0.2) is 0 Å². The second-order valence-corrected chi connectivity index (χ2v) is 4.27. The Kier molecular flexibility index (Phi) is 2.98. The summed E-state index contributed by atoms with van der Waals surface area (Å²) in [5, 5.41) is 0.704. The van der Waals surface area contributed by atoms with Gasteiger partial charge in [0.25, 0.3) is 0 Å². The van der Waals surface area contributed by atoms with Crippen molar-refractivity contribution in [3.63, 3.8) is 0 Å². The molecule has 2 N–H and O–H groups in total. The zero-order valence-electron chi connectivity index (χ0n) is 8.57. The lowest BCUT2D eigenvalue weighted by Crippen LogP contribution is -2.45. The molecule has 4 heteroatoms. The summed E-state index contributed by atoms with van der Waals surface area (Å²) < 4.78 is 11.2. The molecule has 0 unspecified atom stereocenters. The summed E-state index contributed by atoms with van der Waals surface area (Å²) in [6.45, 7) is 2.92. The molecule has 1 aliphatic heterocycles. The second kappa shape index (κ2) is 4.10. The van der Waals surface area contributed by atoms with E-state index in [4.69, 9.17) is 26.8 Å². The molecule has 0 saturated carbocycles. The number of nitrogens with two attached hydrogens (primary N) is 1. The fraction of sp³-hybridized carbons (Fsp3) is 0.455. The average Bonchev–Trinajstić information content (AvgIpc) is 2.24. The zero-order valence-corrected chi connectivity index (χ0v) is 9.33. The molecule has 0 amide bonds. The molecule has 1 aromatic carbocycles. The first-order chi connectivity index (χ1) is 7.10. The van der Waals surface area contributed by atoms with Crippen LogP contribution in [0.4, 0.5) is 0 Å². The molecule has 0 aliphatic carbocycles. The van der Waals surface area contributed by atoms with Crippen molar-refractivity contribution >= 4 is 11.6 Å². The molecule has 0 atom stereocenters. The maximum Gasteiger partial charge on any atom is 0.192 e. The molecular formula is C11H14ClNO2. The highest BCUT2D eigenvalue weighted by atomic mass is 35.5. The van der Waals surface area contributed by atoms with Crippen LogP contribution < -0.4 is 5.73 Å². The molecule has 3 nitrogen and oxygen atoms in total. The SMILES string of the molecule is CC1(c2ccc(Cl)cc2)OCC(N)CO1. The number of halogens is 1. The molecule has 2 rings (SSSR count). The summed E-state index contributed by atoms with van der Waals surface area (Å²) >= 11 is 5.82. The predicted molar refractivity (Wildman–Crippen MR) is 58.7 cm³/mol. The van der Waals surface area contributed by atoms with Gasteiger partial charge in [-0.05, 0) is 19.1 Å². The van der Waals surface area contributed by atoms with Gasteiger partial charge in [0, 0.05) is 10.6 Å². The van der Waals surface area contributed by atoms with Gasteiger partial charge in [0.15, 0.2) is 5.79 Å². The van der Waals surface area contributed by atoms with E-state index in [0.29, 0.717) is 18.2 Å². The first-order valence-electron chi connectivity index (χ1n) is 4.90. The third kappa shape index (κ3) is 2.32. The predicted octanol–water partition coefficient (Wildman–Crippen LogP) is 1.89. The molecule has 1 heterocycles. The van der Waals surface area contributed by atoms with E-state index in [0.717, 1.165) is 5.56 Å². The second-order valence-electron chi connectivity index (χ2n) is 3.83. The standard InChI is InChI=1S/C11H14ClNO2/c1-11(14-6-10(13)7-15-11)8-2-4-9(12)5-3-8/h2-5,10H,6-7,13H2,1H3. The first-order valence-corrected chi connectivity index (χ1v) is 5.27. The zero-order chi connectivity index (χ0) is 10.9. The van der Waals surface area contributed by atoms with E-state index in [1.807, 2.05) is 31.2 Å². The fourth-order valence-corrected chi connectivity index (χ4v) is 1.67. The van der Waals surface area contributed by atoms with Crippen molar-refractivity contribution in [2.75, 3.05) is 13.2 Å². The molecule has 15 heavy (non-hydrogen) atoms. The number of hydrogen-bond donors (Lipinski definition) is 1. The molecule has 82 valence electrons. The van der Waals surface area contributed by atoms with E-state index in [1.165, 1.54) is 0 Å². The van der Waals surface area contributed by atoms with Crippen molar-refractivity contribution in [2.45, 2.75) is 18.8 Å². The van der Waals surface area contributed by atoms with Crippen molar-refractivity contribution in [3.8, 4) is 0 Å². The molecule has 1 fully saturated rings. The maximum atomic E-state index is 5.82. The van der Waals surface area contributed by atoms with Gasteiger partial charge < -0.3 is 15.2 Å². The van der Waals surface area contributed by atoms with Crippen LogP contribution in [0.2, 0.25) is 5.02 Å². The number of benzene rings is 1. The van der Waals surface area contributed by atoms with Crippen LogP contribution in [0.1, 0.15) is 12.5 Å². The number of hydrogen-bond acceptors (Lipinski definition) is 3. The quantitative estimate of drug-likeness (QED) is 0.797. The molecule has 1 aliphatic rings. The third-order valence-electron chi connectivity index (χ3n) is 2.51. The normalized spacial score (nSPS) is 31.5. The smallest absolute Gasteiger partial charge is 0.192 e. The van der Waals surface area contributed by atoms with Gasteiger partial charge in [-0.2, -0.15) is 0 Å². The van der Waals surface area contributed by atoms with Crippen LogP contribution in [-0.4, -0.2) is 19.3 Å². The van der Waals surface area contributed by atoms with E-state index >= 15 is 0 Å². The monoisotopic (exact) mass is 227 g/mol. The van der Waals surface area contributed by atoms with Crippen LogP contribution in [-0.2, 0) is 15.3 Å². The highest BCUT2D eigenvalue weighted by Gasteiger charge is 2.33. The fourth-order valence-electron chi connectivity index (χ4n) is 1.54. The van der Waals surface area contributed by atoms with Gasteiger partial charge in [0.1, 0.15) is 0 Å². The summed E-state index contributed by atoms with van der Waals surface area (Å²) in [5.41, 5.74) is 6.64. The van der Waals surface area contributed by atoms with Crippen LogP contribution in [0, 0.1) is 0 Å². The van der Waals surface area contributed by atoms with Crippen molar-refractivity contribution in [3.05, 3.63) is 34.9 Å². The van der Waals surface area contributed by atoms with Crippen molar-refractivity contribution < 1.29 is 9.47 Å². The Morgan fingerprint density at radius 3 is 2.33 bits per heavy atom. The van der Waals surface area contributed by atoms with E-state index in [9.17, 15) is 0 Å². The Morgan fingerprint density at radius 1 is 1.27 bits per heavy atom. The molecule has 0 bridgehead atoms. The lowest BCUT2D eigenvalue weighted by molar-refractivity contribution is -0.270. The Labute approximate surface area is 94.1 Å². The number of ether oxygens (including phenoxy) is 2. The van der Waals surface area contributed by atoms with E-state index in [2.05, 4.69) is 0 Å². The van der Waals surface area contributed by atoms with Gasteiger partial charge in [0.05, 0.1) is 19.3 Å². The van der Waals surface area contributed by atoms with Crippen LogP contribution in [0.3, 0.4) is 0 Å². The van der Waals surface area contributed by atoms with Gasteiger partial charge in [-0.15, -0.1) is 0 Å². The molecule has 1 saturated heterocycles.